The normalized spacial score (nSPS) is 14.3. The molecule has 0 aliphatic carbocycles. The molecule has 0 spiro atoms. The van der Waals surface area contributed by atoms with E-state index in [-0.39, 0.29) is 12.3 Å². The zero-order chi connectivity index (χ0) is 21.5. The third-order valence-corrected chi connectivity index (χ3v) is 5.16. The van der Waals surface area contributed by atoms with Crippen LogP contribution in [0.2, 0.25) is 0 Å². The lowest BCUT2D eigenvalue weighted by Gasteiger charge is -2.33. The van der Waals surface area contributed by atoms with E-state index in [1.807, 2.05) is 24.3 Å². The Hall–Kier alpha value is -3.13. The van der Waals surface area contributed by atoms with Crippen molar-refractivity contribution in [3.05, 3.63) is 53.8 Å². The number of aliphatic hydroxyl groups excluding tert-OH is 1. The number of piperidine rings is 1. The van der Waals surface area contributed by atoms with Crippen molar-refractivity contribution in [1.82, 2.24) is 5.32 Å². The smallest absolute Gasteiger partial charge is 0.319 e. The topological polar surface area (TPSA) is 93.7 Å². The van der Waals surface area contributed by atoms with E-state index in [2.05, 4.69) is 20.9 Å². The number of amides is 3. The summed E-state index contributed by atoms with van der Waals surface area (Å²) in [7, 11) is 0. The Balaban J connectivity index is 1.50. The number of urea groups is 1. The summed E-state index contributed by atoms with van der Waals surface area (Å²) >= 11 is 0. The molecule has 0 bridgehead atoms. The highest BCUT2D eigenvalue weighted by atomic mass is 19.1. The van der Waals surface area contributed by atoms with E-state index in [1.165, 1.54) is 25.1 Å². The Morgan fingerprint density at radius 2 is 1.80 bits per heavy atom. The number of aliphatic hydroxyl groups is 1. The van der Waals surface area contributed by atoms with Crippen LogP contribution in [0.5, 0.6) is 0 Å². The summed E-state index contributed by atoms with van der Waals surface area (Å²) in [5, 5.41) is 17.0. The van der Waals surface area contributed by atoms with Crippen molar-refractivity contribution in [2.75, 3.05) is 35.2 Å². The van der Waals surface area contributed by atoms with Gasteiger partial charge in [-0.05, 0) is 54.7 Å². The van der Waals surface area contributed by atoms with Crippen molar-refractivity contribution in [3.8, 4) is 0 Å². The molecule has 0 unspecified atom stereocenters. The van der Waals surface area contributed by atoms with Crippen molar-refractivity contribution < 1.29 is 19.1 Å². The largest absolute Gasteiger partial charge is 0.396 e. The standard InChI is InChI=1S/C22H27FN4O3/c1-15(29)25-21-12-18(4-7-20(21)23)26-22(30)24-13-16-2-5-19(6-3-16)27-10-8-17(14-28)9-11-27/h2-7,12,17,28H,8-11,13-14H2,1H3,(H,25,29)(H2,24,26,30). The number of hydrogen-bond donors (Lipinski definition) is 4. The zero-order valence-electron chi connectivity index (χ0n) is 17.0. The van der Waals surface area contributed by atoms with Gasteiger partial charge in [0.25, 0.3) is 0 Å². The fourth-order valence-electron chi connectivity index (χ4n) is 3.44. The molecule has 0 aromatic heterocycles. The summed E-state index contributed by atoms with van der Waals surface area (Å²) in [6.07, 6.45) is 1.99. The maximum atomic E-state index is 13.7. The molecule has 1 saturated heterocycles. The van der Waals surface area contributed by atoms with E-state index < -0.39 is 17.8 Å². The summed E-state index contributed by atoms with van der Waals surface area (Å²) in [5.74, 6) is -0.563. The van der Waals surface area contributed by atoms with Gasteiger partial charge < -0.3 is 26.0 Å². The van der Waals surface area contributed by atoms with Crippen LogP contribution in [-0.2, 0) is 11.3 Å². The molecule has 1 heterocycles. The van der Waals surface area contributed by atoms with E-state index >= 15 is 0 Å². The van der Waals surface area contributed by atoms with Crippen LogP contribution in [0.1, 0.15) is 25.3 Å². The average molecular weight is 414 g/mol. The van der Waals surface area contributed by atoms with E-state index in [9.17, 15) is 19.1 Å². The third kappa shape index (κ3) is 5.93. The van der Waals surface area contributed by atoms with Gasteiger partial charge >= 0.3 is 6.03 Å². The van der Waals surface area contributed by atoms with Gasteiger partial charge in [0.1, 0.15) is 5.82 Å². The molecule has 8 heteroatoms. The molecule has 160 valence electrons. The van der Waals surface area contributed by atoms with Gasteiger partial charge in [-0.1, -0.05) is 12.1 Å². The SMILES string of the molecule is CC(=O)Nc1cc(NC(=O)NCc2ccc(N3CCC(CO)CC3)cc2)ccc1F. The van der Waals surface area contributed by atoms with Crippen LogP contribution in [0.15, 0.2) is 42.5 Å². The predicted molar refractivity (Wildman–Crippen MR) is 115 cm³/mol. The van der Waals surface area contributed by atoms with Gasteiger partial charge in [-0.2, -0.15) is 0 Å². The Kier molecular flexibility index (Phi) is 7.24. The summed E-state index contributed by atoms with van der Waals surface area (Å²) in [6, 6.07) is 11.6. The lowest BCUT2D eigenvalue weighted by atomic mass is 9.97. The molecular weight excluding hydrogens is 387 g/mol. The second kappa shape index (κ2) is 10.1. The molecule has 1 aliphatic heterocycles. The Bertz CT molecular complexity index is 880. The predicted octanol–water partition coefficient (Wildman–Crippen LogP) is 3.31. The first-order valence-corrected chi connectivity index (χ1v) is 10.0. The Morgan fingerprint density at radius 3 is 2.43 bits per heavy atom. The molecule has 2 aromatic carbocycles. The van der Waals surface area contributed by atoms with Crippen molar-refractivity contribution in [3.63, 3.8) is 0 Å². The van der Waals surface area contributed by atoms with Crippen molar-refractivity contribution in [2.45, 2.75) is 26.3 Å². The van der Waals surface area contributed by atoms with Crippen LogP contribution < -0.4 is 20.9 Å². The number of nitrogens with one attached hydrogen (secondary N) is 3. The van der Waals surface area contributed by atoms with E-state index in [0.29, 0.717) is 18.2 Å². The maximum Gasteiger partial charge on any atom is 0.319 e. The Morgan fingerprint density at radius 1 is 1.10 bits per heavy atom. The molecule has 1 aliphatic rings. The molecule has 0 atom stereocenters. The minimum absolute atomic E-state index is 0.0129. The van der Waals surface area contributed by atoms with Gasteiger partial charge in [0.2, 0.25) is 5.91 Å². The fourth-order valence-corrected chi connectivity index (χ4v) is 3.44. The van der Waals surface area contributed by atoms with Crippen LogP contribution in [0.25, 0.3) is 0 Å². The molecule has 0 radical (unpaired) electrons. The van der Waals surface area contributed by atoms with Crippen molar-refractivity contribution in [1.29, 1.82) is 0 Å². The molecule has 1 fully saturated rings. The van der Waals surface area contributed by atoms with Crippen molar-refractivity contribution >= 4 is 29.0 Å². The first-order valence-electron chi connectivity index (χ1n) is 10.0. The summed E-state index contributed by atoms with van der Waals surface area (Å²) in [6.45, 7) is 3.76. The number of nitrogens with zero attached hydrogens (tertiary/aromatic N) is 1. The number of halogens is 1. The summed E-state index contributed by atoms with van der Waals surface area (Å²) < 4.78 is 13.7. The molecule has 3 amide bonds. The van der Waals surface area contributed by atoms with Crippen LogP contribution in [0.3, 0.4) is 0 Å². The average Bonchev–Trinajstić information content (AvgIpc) is 2.75. The number of rotatable bonds is 6. The molecule has 7 nitrogen and oxygen atoms in total. The highest BCUT2D eigenvalue weighted by molar-refractivity contribution is 5.92. The first kappa shape index (κ1) is 21.6. The minimum atomic E-state index is -0.572. The van der Waals surface area contributed by atoms with E-state index in [1.54, 1.807) is 0 Å². The molecule has 30 heavy (non-hydrogen) atoms. The monoisotopic (exact) mass is 414 g/mol. The lowest BCUT2D eigenvalue weighted by Crippen LogP contribution is -2.34. The highest BCUT2D eigenvalue weighted by Crippen LogP contribution is 2.23. The van der Waals surface area contributed by atoms with Gasteiger partial charge in [-0.3, -0.25) is 4.79 Å². The van der Waals surface area contributed by atoms with Crippen LogP contribution in [0, 0.1) is 11.7 Å². The molecule has 0 saturated carbocycles. The second-order valence-corrected chi connectivity index (χ2v) is 7.46. The summed E-state index contributed by atoms with van der Waals surface area (Å²) in [4.78, 5) is 25.6. The summed E-state index contributed by atoms with van der Waals surface area (Å²) in [5.41, 5.74) is 2.48. The van der Waals surface area contributed by atoms with Gasteiger partial charge in [0.15, 0.2) is 0 Å². The number of anilines is 3. The second-order valence-electron chi connectivity index (χ2n) is 7.46. The van der Waals surface area contributed by atoms with Gasteiger partial charge in [0.05, 0.1) is 5.69 Å². The van der Waals surface area contributed by atoms with Crippen LogP contribution >= 0.6 is 0 Å². The zero-order valence-corrected chi connectivity index (χ0v) is 17.0. The number of carbonyl (C=O) groups is 2. The fraction of sp³-hybridized carbons (Fsp3) is 0.364. The van der Waals surface area contributed by atoms with E-state index in [0.717, 1.165) is 37.2 Å². The minimum Gasteiger partial charge on any atom is -0.396 e. The lowest BCUT2D eigenvalue weighted by molar-refractivity contribution is -0.114. The maximum absolute atomic E-state index is 13.7. The highest BCUT2D eigenvalue weighted by Gasteiger charge is 2.18. The first-order chi connectivity index (χ1) is 14.4. The quantitative estimate of drug-likeness (QED) is 0.583. The van der Waals surface area contributed by atoms with Gasteiger partial charge in [0, 0.05) is 44.5 Å². The number of benzene rings is 2. The van der Waals surface area contributed by atoms with Crippen LogP contribution in [-0.4, -0.2) is 36.7 Å². The third-order valence-electron chi connectivity index (χ3n) is 5.16. The Labute approximate surface area is 175 Å². The van der Waals surface area contributed by atoms with E-state index in [4.69, 9.17) is 0 Å². The van der Waals surface area contributed by atoms with Gasteiger partial charge in [-0.15, -0.1) is 0 Å². The van der Waals surface area contributed by atoms with Crippen LogP contribution in [0.4, 0.5) is 26.2 Å². The number of hydrogen-bond acceptors (Lipinski definition) is 4. The van der Waals surface area contributed by atoms with Crippen molar-refractivity contribution in [2.24, 2.45) is 5.92 Å². The molecular formula is C22H27FN4O3. The molecule has 3 rings (SSSR count). The molecule has 4 N–H and O–H groups in total. The number of carbonyl (C=O) groups excluding carboxylic acids is 2. The van der Waals surface area contributed by atoms with Gasteiger partial charge in [-0.25, -0.2) is 9.18 Å². The molecule has 2 aromatic rings.